The molecule has 0 saturated carbocycles. The van der Waals surface area contributed by atoms with Crippen LogP contribution in [0, 0.1) is 6.92 Å². The molecular weight excluding hydrogens is 372 g/mol. The van der Waals surface area contributed by atoms with Crippen LogP contribution in [0.15, 0.2) is 47.5 Å². The number of pyridine rings is 1. The van der Waals surface area contributed by atoms with Crippen LogP contribution in [0.3, 0.4) is 0 Å². The zero-order valence-electron chi connectivity index (χ0n) is 15.0. The minimum absolute atomic E-state index is 0.00220. The van der Waals surface area contributed by atoms with Crippen LogP contribution in [-0.4, -0.2) is 49.7 Å². The molecule has 9 nitrogen and oxygen atoms in total. The van der Waals surface area contributed by atoms with Crippen LogP contribution < -0.4 is 9.04 Å². The Morgan fingerprint density at radius 1 is 1.11 bits per heavy atom. The van der Waals surface area contributed by atoms with Crippen LogP contribution in [0.4, 0.5) is 5.69 Å². The molecule has 0 aliphatic heterocycles. The lowest BCUT2D eigenvalue weighted by molar-refractivity contribution is -0.138. The second kappa shape index (κ2) is 7.23. The molecule has 0 saturated heterocycles. The van der Waals surface area contributed by atoms with E-state index in [0.717, 1.165) is 4.31 Å². The Labute approximate surface area is 156 Å². The standard InChI is InChI=1S/C17H18N4O5S/c1-12-18-19-16-9-8-15(10-20(12)16)27(23,24)21(11-17(22)26-3)13-4-6-14(25-2)7-5-13/h4-10H,11H2,1-3H3. The predicted molar refractivity (Wildman–Crippen MR) is 97.3 cm³/mol. The van der Waals surface area contributed by atoms with Crippen LogP contribution in [-0.2, 0) is 19.6 Å². The summed E-state index contributed by atoms with van der Waals surface area (Å²) in [6.07, 6.45) is 1.42. The highest BCUT2D eigenvalue weighted by molar-refractivity contribution is 7.92. The maximum atomic E-state index is 13.2. The zero-order chi connectivity index (χ0) is 19.6. The summed E-state index contributed by atoms with van der Waals surface area (Å²) in [6, 6.07) is 9.32. The summed E-state index contributed by atoms with van der Waals surface area (Å²) < 4.78 is 38.8. The van der Waals surface area contributed by atoms with E-state index in [4.69, 9.17) is 4.74 Å². The van der Waals surface area contributed by atoms with Crippen molar-refractivity contribution in [2.75, 3.05) is 25.1 Å². The zero-order valence-corrected chi connectivity index (χ0v) is 15.8. The smallest absolute Gasteiger partial charge is 0.326 e. The molecule has 10 heteroatoms. The molecule has 1 aromatic carbocycles. The number of nitrogens with zero attached hydrogens (tertiary/aromatic N) is 4. The number of fused-ring (bicyclic) bond motifs is 1. The number of benzene rings is 1. The normalized spacial score (nSPS) is 11.4. The molecule has 2 aromatic heterocycles. The molecule has 142 valence electrons. The van der Waals surface area contributed by atoms with Gasteiger partial charge in [0.15, 0.2) is 5.65 Å². The fraction of sp³-hybridized carbons (Fsp3) is 0.235. The van der Waals surface area contributed by atoms with E-state index >= 15 is 0 Å². The van der Waals surface area contributed by atoms with Crippen LogP contribution in [0.5, 0.6) is 5.75 Å². The van der Waals surface area contributed by atoms with Crippen molar-refractivity contribution in [1.29, 1.82) is 0 Å². The number of methoxy groups -OCH3 is 2. The highest BCUT2D eigenvalue weighted by atomic mass is 32.2. The van der Waals surface area contributed by atoms with Crippen LogP contribution >= 0.6 is 0 Å². The lowest BCUT2D eigenvalue weighted by atomic mass is 10.3. The van der Waals surface area contributed by atoms with Crippen molar-refractivity contribution in [2.24, 2.45) is 0 Å². The Balaban J connectivity index is 2.09. The quantitative estimate of drug-likeness (QED) is 0.586. The van der Waals surface area contributed by atoms with Gasteiger partial charge in [-0.25, -0.2) is 8.42 Å². The van der Waals surface area contributed by atoms with Gasteiger partial charge in [0.05, 0.1) is 19.9 Å². The number of hydrogen-bond donors (Lipinski definition) is 0. The average Bonchev–Trinajstić information content (AvgIpc) is 3.06. The van der Waals surface area contributed by atoms with Crippen molar-refractivity contribution in [3.8, 4) is 5.75 Å². The number of esters is 1. The highest BCUT2D eigenvalue weighted by Crippen LogP contribution is 2.26. The van der Waals surface area contributed by atoms with Crippen LogP contribution in [0.2, 0.25) is 0 Å². The Hall–Kier alpha value is -3.14. The molecule has 0 aliphatic carbocycles. The molecule has 0 atom stereocenters. The summed E-state index contributed by atoms with van der Waals surface area (Å²) in [5.41, 5.74) is 0.831. The van der Waals surface area contributed by atoms with Gasteiger partial charge in [0.25, 0.3) is 10.0 Å². The van der Waals surface area contributed by atoms with Gasteiger partial charge in [-0.1, -0.05) is 0 Å². The Bertz CT molecular complexity index is 1080. The SMILES string of the molecule is COC(=O)CN(c1ccc(OC)cc1)S(=O)(=O)c1ccc2nnc(C)n2c1. The summed E-state index contributed by atoms with van der Waals surface area (Å²) in [4.78, 5) is 11.8. The first-order valence-electron chi connectivity index (χ1n) is 7.92. The first kappa shape index (κ1) is 18.6. The molecule has 0 bridgehead atoms. The number of aromatic nitrogens is 3. The van der Waals surface area contributed by atoms with E-state index in [-0.39, 0.29) is 4.90 Å². The summed E-state index contributed by atoms with van der Waals surface area (Å²) >= 11 is 0. The van der Waals surface area contributed by atoms with Gasteiger partial charge in [0.1, 0.15) is 23.0 Å². The number of rotatable bonds is 6. The van der Waals surface area contributed by atoms with Gasteiger partial charge in [-0.15, -0.1) is 10.2 Å². The second-order valence-corrected chi connectivity index (χ2v) is 7.49. The van der Waals surface area contributed by atoms with Gasteiger partial charge >= 0.3 is 5.97 Å². The Morgan fingerprint density at radius 2 is 1.81 bits per heavy atom. The molecule has 3 rings (SSSR count). The van der Waals surface area contributed by atoms with E-state index in [0.29, 0.717) is 22.9 Å². The number of carbonyl (C=O) groups is 1. The first-order valence-corrected chi connectivity index (χ1v) is 9.36. The van der Waals surface area contributed by atoms with Crippen LogP contribution in [0.1, 0.15) is 5.82 Å². The number of sulfonamides is 1. The van der Waals surface area contributed by atoms with Crippen molar-refractivity contribution >= 4 is 27.3 Å². The lowest BCUT2D eigenvalue weighted by Crippen LogP contribution is -2.36. The molecule has 0 amide bonds. The summed E-state index contributed by atoms with van der Waals surface area (Å²) in [5, 5.41) is 7.86. The minimum atomic E-state index is -4.05. The maximum absolute atomic E-state index is 13.2. The third kappa shape index (κ3) is 3.56. The van der Waals surface area contributed by atoms with Crippen molar-refractivity contribution in [1.82, 2.24) is 14.6 Å². The number of anilines is 1. The molecule has 27 heavy (non-hydrogen) atoms. The van der Waals surface area contributed by atoms with E-state index in [1.165, 1.54) is 26.5 Å². The first-order chi connectivity index (χ1) is 12.9. The monoisotopic (exact) mass is 390 g/mol. The van der Waals surface area contributed by atoms with E-state index < -0.39 is 22.5 Å². The lowest BCUT2D eigenvalue weighted by Gasteiger charge is -2.23. The molecule has 0 N–H and O–H groups in total. The van der Waals surface area contributed by atoms with Gasteiger partial charge in [0, 0.05) is 6.20 Å². The minimum Gasteiger partial charge on any atom is -0.497 e. The highest BCUT2D eigenvalue weighted by Gasteiger charge is 2.28. The van der Waals surface area contributed by atoms with E-state index in [9.17, 15) is 13.2 Å². The van der Waals surface area contributed by atoms with E-state index in [1.807, 2.05) is 0 Å². The Morgan fingerprint density at radius 3 is 2.44 bits per heavy atom. The predicted octanol–water partition coefficient (Wildman–Crippen LogP) is 1.41. The van der Waals surface area contributed by atoms with E-state index in [2.05, 4.69) is 14.9 Å². The fourth-order valence-electron chi connectivity index (χ4n) is 2.51. The second-order valence-electron chi connectivity index (χ2n) is 5.63. The Kier molecular flexibility index (Phi) is 5.00. The van der Waals surface area contributed by atoms with Crippen molar-refractivity contribution in [3.05, 3.63) is 48.4 Å². The molecule has 0 radical (unpaired) electrons. The fourth-order valence-corrected chi connectivity index (χ4v) is 3.92. The molecule has 3 aromatic rings. The van der Waals surface area contributed by atoms with Gasteiger partial charge < -0.3 is 9.47 Å². The van der Waals surface area contributed by atoms with Crippen molar-refractivity contribution in [2.45, 2.75) is 11.8 Å². The van der Waals surface area contributed by atoms with E-state index in [1.54, 1.807) is 41.7 Å². The third-order valence-corrected chi connectivity index (χ3v) is 5.75. The molecule has 0 fully saturated rings. The number of aryl methyl sites for hydroxylation is 1. The number of carbonyl (C=O) groups excluding carboxylic acids is 1. The largest absolute Gasteiger partial charge is 0.497 e. The van der Waals surface area contributed by atoms with Crippen molar-refractivity contribution in [3.63, 3.8) is 0 Å². The molecule has 0 unspecified atom stereocenters. The van der Waals surface area contributed by atoms with Gasteiger partial charge in [-0.3, -0.25) is 13.5 Å². The average molecular weight is 390 g/mol. The summed E-state index contributed by atoms with van der Waals surface area (Å²) in [7, 11) is -1.34. The summed E-state index contributed by atoms with van der Waals surface area (Å²) in [5.74, 6) is 0.428. The maximum Gasteiger partial charge on any atom is 0.326 e. The number of ether oxygens (including phenoxy) is 2. The molecule has 0 spiro atoms. The topological polar surface area (TPSA) is 103 Å². The van der Waals surface area contributed by atoms with Crippen molar-refractivity contribution < 1.29 is 22.7 Å². The van der Waals surface area contributed by atoms with Crippen LogP contribution in [0.25, 0.3) is 5.65 Å². The van der Waals surface area contributed by atoms with Gasteiger partial charge in [-0.05, 0) is 43.3 Å². The molecular formula is C17H18N4O5S. The third-order valence-electron chi connectivity index (χ3n) is 3.99. The molecule has 2 heterocycles. The summed E-state index contributed by atoms with van der Waals surface area (Å²) in [6.45, 7) is 1.25. The van der Waals surface area contributed by atoms with Gasteiger partial charge in [0.2, 0.25) is 0 Å². The van der Waals surface area contributed by atoms with Gasteiger partial charge in [-0.2, -0.15) is 0 Å². The molecule has 0 aliphatic rings. The number of hydrogen-bond acceptors (Lipinski definition) is 7.